The Balaban J connectivity index is 2.00. The van der Waals surface area contributed by atoms with Crippen molar-refractivity contribution in [3.8, 4) is 0 Å². The molecule has 0 saturated heterocycles. The van der Waals surface area contributed by atoms with Crippen molar-refractivity contribution in [3.63, 3.8) is 0 Å². The molecule has 1 aliphatic rings. The van der Waals surface area contributed by atoms with E-state index in [0.29, 0.717) is 12.4 Å². The van der Waals surface area contributed by atoms with Gasteiger partial charge in [-0.1, -0.05) is 71.6 Å². The predicted molar refractivity (Wildman–Crippen MR) is 84.9 cm³/mol. The monoisotopic (exact) mass is 282 g/mol. The number of rotatable bonds is 11. The Kier molecular flexibility index (Phi) is 10.00. The molecule has 0 N–H and O–H groups in total. The number of carbonyl (C=O) groups excluding carboxylic acids is 1. The van der Waals surface area contributed by atoms with Gasteiger partial charge in [0.1, 0.15) is 6.61 Å². The maximum Gasteiger partial charge on any atom is 0.161 e. The van der Waals surface area contributed by atoms with Crippen molar-refractivity contribution >= 4 is 5.78 Å². The lowest BCUT2D eigenvalue weighted by molar-refractivity contribution is -0.127. The van der Waals surface area contributed by atoms with Crippen molar-refractivity contribution in [2.45, 2.75) is 84.5 Å². The molecule has 0 aromatic carbocycles. The largest absolute Gasteiger partial charge is 0.374 e. The zero-order chi connectivity index (χ0) is 14.6. The third-order valence-electron chi connectivity index (χ3n) is 4.60. The van der Waals surface area contributed by atoms with Crippen LogP contribution in [0.4, 0.5) is 0 Å². The molecule has 0 amide bonds. The molecule has 1 rings (SSSR count). The molecule has 1 aliphatic carbocycles. The average molecular weight is 282 g/mol. The zero-order valence-corrected chi connectivity index (χ0v) is 13.7. The molecular formula is C18H34O2. The minimum atomic E-state index is 0.193. The van der Waals surface area contributed by atoms with Crippen molar-refractivity contribution in [2.24, 2.45) is 11.8 Å². The molecule has 1 saturated carbocycles. The van der Waals surface area contributed by atoms with Crippen LogP contribution in [0.15, 0.2) is 0 Å². The standard InChI is InChI=1S/C18H34O2/c1-3-4-5-6-10-13-20-15-18(19)16(2)14-17-11-8-7-9-12-17/h16-17H,3-15H2,1-2H3/t16-/m1/s1. The Hall–Kier alpha value is -0.370. The minimum Gasteiger partial charge on any atom is -0.374 e. The molecule has 0 aromatic rings. The molecule has 1 atom stereocenters. The molecule has 0 aliphatic heterocycles. The van der Waals surface area contributed by atoms with Gasteiger partial charge in [-0.05, 0) is 18.8 Å². The summed E-state index contributed by atoms with van der Waals surface area (Å²) in [6.45, 7) is 5.40. The molecule has 0 bridgehead atoms. The average Bonchev–Trinajstić information content (AvgIpc) is 2.47. The van der Waals surface area contributed by atoms with Crippen LogP contribution in [0.1, 0.15) is 84.5 Å². The van der Waals surface area contributed by atoms with E-state index in [2.05, 4.69) is 13.8 Å². The minimum absolute atomic E-state index is 0.193. The van der Waals surface area contributed by atoms with Crippen LogP contribution in [0, 0.1) is 11.8 Å². The van der Waals surface area contributed by atoms with Crippen LogP contribution in [-0.2, 0) is 9.53 Å². The predicted octanol–water partition coefficient (Wildman–Crippen LogP) is 5.15. The van der Waals surface area contributed by atoms with Crippen LogP contribution in [0.5, 0.6) is 0 Å². The maximum absolute atomic E-state index is 12.0. The highest BCUT2D eigenvalue weighted by Crippen LogP contribution is 2.29. The topological polar surface area (TPSA) is 26.3 Å². The Morgan fingerprint density at radius 3 is 2.50 bits per heavy atom. The van der Waals surface area contributed by atoms with E-state index in [0.717, 1.165) is 25.4 Å². The lowest BCUT2D eigenvalue weighted by Crippen LogP contribution is -2.21. The molecule has 0 spiro atoms. The lowest BCUT2D eigenvalue weighted by atomic mass is 9.82. The summed E-state index contributed by atoms with van der Waals surface area (Å²) in [5, 5.41) is 0. The van der Waals surface area contributed by atoms with E-state index >= 15 is 0 Å². The van der Waals surface area contributed by atoms with Crippen LogP contribution in [-0.4, -0.2) is 19.0 Å². The summed E-state index contributed by atoms with van der Waals surface area (Å²) in [4.78, 5) is 12.0. The second-order valence-electron chi connectivity index (χ2n) is 6.57. The molecular weight excluding hydrogens is 248 g/mol. The van der Waals surface area contributed by atoms with Gasteiger partial charge in [-0.3, -0.25) is 4.79 Å². The SMILES string of the molecule is CCCCCCCOCC(=O)[C@H](C)CC1CCCCC1. The highest BCUT2D eigenvalue weighted by atomic mass is 16.5. The first-order valence-electron chi connectivity index (χ1n) is 8.84. The second-order valence-corrected chi connectivity index (χ2v) is 6.57. The van der Waals surface area contributed by atoms with Gasteiger partial charge < -0.3 is 4.74 Å². The third kappa shape index (κ3) is 8.04. The summed E-state index contributed by atoms with van der Waals surface area (Å²) < 4.78 is 5.54. The van der Waals surface area contributed by atoms with E-state index in [-0.39, 0.29) is 5.92 Å². The highest BCUT2D eigenvalue weighted by Gasteiger charge is 2.20. The van der Waals surface area contributed by atoms with Gasteiger partial charge in [0, 0.05) is 12.5 Å². The lowest BCUT2D eigenvalue weighted by Gasteiger charge is -2.24. The van der Waals surface area contributed by atoms with Crippen molar-refractivity contribution in [3.05, 3.63) is 0 Å². The molecule has 0 aromatic heterocycles. The number of unbranched alkanes of at least 4 members (excludes halogenated alkanes) is 4. The Morgan fingerprint density at radius 2 is 1.80 bits per heavy atom. The van der Waals surface area contributed by atoms with Gasteiger partial charge >= 0.3 is 0 Å². The van der Waals surface area contributed by atoms with Gasteiger partial charge in [0.05, 0.1) is 0 Å². The van der Waals surface area contributed by atoms with Crippen LogP contribution in [0.2, 0.25) is 0 Å². The maximum atomic E-state index is 12.0. The highest BCUT2D eigenvalue weighted by molar-refractivity contribution is 5.81. The first kappa shape index (κ1) is 17.7. The first-order valence-corrected chi connectivity index (χ1v) is 8.84. The summed E-state index contributed by atoms with van der Waals surface area (Å²) in [5.74, 6) is 1.29. The third-order valence-corrected chi connectivity index (χ3v) is 4.60. The Morgan fingerprint density at radius 1 is 1.10 bits per heavy atom. The zero-order valence-electron chi connectivity index (χ0n) is 13.7. The molecule has 0 heterocycles. The van der Waals surface area contributed by atoms with Gasteiger partial charge in [0.25, 0.3) is 0 Å². The van der Waals surface area contributed by atoms with E-state index in [1.165, 1.54) is 57.8 Å². The van der Waals surface area contributed by atoms with Crippen molar-refractivity contribution < 1.29 is 9.53 Å². The molecule has 0 radical (unpaired) electrons. The molecule has 2 nitrogen and oxygen atoms in total. The van der Waals surface area contributed by atoms with E-state index in [1.807, 2.05) is 0 Å². The normalized spacial score (nSPS) is 18.1. The summed E-state index contributed by atoms with van der Waals surface area (Å²) >= 11 is 0. The molecule has 118 valence electrons. The fourth-order valence-electron chi connectivity index (χ4n) is 3.18. The van der Waals surface area contributed by atoms with E-state index in [4.69, 9.17) is 4.74 Å². The number of carbonyl (C=O) groups is 1. The summed E-state index contributed by atoms with van der Waals surface area (Å²) in [7, 11) is 0. The number of Topliss-reactive ketones (excluding diaryl/α,β-unsaturated/α-hetero) is 1. The van der Waals surface area contributed by atoms with Crippen LogP contribution in [0.3, 0.4) is 0 Å². The van der Waals surface area contributed by atoms with E-state index in [9.17, 15) is 4.79 Å². The van der Waals surface area contributed by atoms with Gasteiger partial charge in [0.15, 0.2) is 5.78 Å². The number of hydrogen-bond acceptors (Lipinski definition) is 2. The van der Waals surface area contributed by atoms with Crippen LogP contribution >= 0.6 is 0 Å². The molecule has 20 heavy (non-hydrogen) atoms. The number of hydrogen-bond donors (Lipinski definition) is 0. The fourth-order valence-corrected chi connectivity index (χ4v) is 3.18. The van der Waals surface area contributed by atoms with Crippen molar-refractivity contribution in [1.29, 1.82) is 0 Å². The quantitative estimate of drug-likeness (QED) is 0.490. The van der Waals surface area contributed by atoms with Gasteiger partial charge in [-0.2, -0.15) is 0 Å². The van der Waals surface area contributed by atoms with Gasteiger partial charge in [-0.15, -0.1) is 0 Å². The van der Waals surface area contributed by atoms with E-state index in [1.54, 1.807) is 0 Å². The Bertz CT molecular complexity index is 244. The van der Waals surface area contributed by atoms with E-state index < -0.39 is 0 Å². The summed E-state index contributed by atoms with van der Waals surface area (Å²) in [5.41, 5.74) is 0. The fraction of sp³-hybridized carbons (Fsp3) is 0.944. The second kappa shape index (κ2) is 11.3. The molecule has 1 fully saturated rings. The smallest absolute Gasteiger partial charge is 0.161 e. The first-order chi connectivity index (χ1) is 9.74. The van der Waals surface area contributed by atoms with Gasteiger partial charge in [0.2, 0.25) is 0 Å². The number of ether oxygens (including phenoxy) is 1. The van der Waals surface area contributed by atoms with Crippen molar-refractivity contribution in [2.75, 3.05) is 13.2 Å². The molecule has 2 heteroatoms. The summed E-state index contributed by atoms with van der Waals surface area (Å²) in [6, 6.07) is 0. The van der Waals surface area contributed by atoms with Gasteiger partial charge in [-0.25, -0.2) is 0 Å². The number of ketones is 1. The van der Waals surface area contributed by atoms with Crippen LogP contribution in [0.25, 0.3) is 0 Å². The molecule has 0 unspecified atom stereocenters. The summed E-state index contributed by atoms with van der Waals surface area (Å²) in [6.07, 6.45) is 14.1. The van der Waals surface area contributed by atoms with Crippen molar-refractivity contribution in [1.82, 2.24) is 0 Å². The Labute approximate surface area is 125 Å². The van der Waals surface area contributed by atoms with Crippen LogP contribution < -0.4 is 0 Å².